The van der Waals surface area contributed by atoms with Gasteiger partial charge in [0.1, 0.15) is 0 Å². The Hall–Kier alpha value is -0.950. The first-order valence-corrected chi connectivity index (χ1v) is 8.85. The minimum Gasteiger partial charge on any atom is -0.315 e. The van der Waals surface area contributed by atoms with Crippen LogP contribution in [0.2, 0.25) is 0 Å². The molecule has 0 amide bonds. The van der Waals surface area contributed by atoms with Gasteiger partial charge >= 0.3 is 0 Å². The molecule has 0 bridgehead atoms. The average Bonchev–Trinajstić information content (AvgIpc) is 2.99. The highest BCUT2D eigenvalue weighted by atomic mass is 32.2. The van der Waals surface area contributed by atoms with E-state index in [1.807, 2.05) is 12.1 Å². The number of rotatable bonds is 6. The molecule has 2 rings (SSSR count). The second-order valence-corrected chi connectivity index (χ2v) is 7.80. The van der Waals surface area contributed by atoms with Crippen molar-refractivity contribution < 1.29 is 8.42 Å². The molecular weight excluding hydrogens is 286 g/mol. The highest BCUT2D eigenvalue weighted by molar-refractivity contribution is 7.89. The van der Waals surface area contributed by atoms with Crippen molar-refractivity contribution in [3.63, 3.8) is 0 Å². The first kappa shape index (κ1) is 16.4. The predicted molar refractivity (Wildman–Crippen MR) is 84.7 cm³/mol. The molecular formula is C15H25N3O2S. The fourth-order valence-electron chi connectivity index (χ4n) is 2.70. The Balaban J connectivity index is 2.17. The van der Waals surface area contributed by atoms with Gasteiger partial charge in [-0.25, -0.2) is 12.7 Å². The molecule has 1 aromatic carbocycles. The first-order chi connectivity index (χ1) is 9.95. The third-order valence-electron chi connectivity index (χ3n) is 4.02. The third kappa shape index (κ3) is 3.83. The van der Waals surface area contributed by atoms with Crippen LogP contribution in [0.15, 0.2) is 29.2 Å². The minimum atomic E-state index is -3.36. The largest absolute Gasteiger partial charge is 0.315 e. The topological polar surface area (TPSA) is 52.7 Å². The zero-order valence-electron chi connectivity index (χ0n) is 13.0. The number of hydrogen-bond acceptors (Lipinski definition) is 4. The molecule has 21 heavy (non-hydrogen) atoms. The standard InChI is InChI=1S/C15H25N3O2S/c1-4-18(14-8-9-16-11-14)12-13-6-5-7-15(10-13)21(19,20)17(2)3/h5-7,10,14,16H,4,8-9,11-12H2,1-3H3. The Morgan fingerprint density at radius 1 is 1.33 bits per heavy atom. The van der Waals surface area contributed by atoms with Crippen LogP contribution in [-0.2, 0) is 16.6 Å². The minimum absolute atomic E-state index is 0.366. The molecule has 0 radical (unpaired) electrons. The quantitative estimate of drug-likeness (QED) is 0.855. The van der Waals surface area contributed by atoms with E-state index in [4.69, 9.17) is 0 Å². The van der Waals surface area contributed by atoms with Crippen LogP contribution in [0.4, 0.5) is 0 Å². The van der Waals surface area contributed by atoms with E-state index in [0.29, 0.717) is 10.9 Å². The van der Waals surface area contributed by atoms with Gasteiger partial charge in [0.2, 0.25) is 10.0 Å². The number of nitrogens with one attached hydrogen (secondary N) is 1. The van der Waals surface area contributed by atoms with Crippen LogP contribution in [0, 0.1) is 0 Å². The summed E-state index contributed by atoms with van der Waals surface area (Å²) in [6.07, 6.45) is 1.16. The fourth-order valence-corrected chi connectivity index (χ4v) is 3.67. The van der Waals surface area contributed by atoms with Gasteiger partial charge in [0.25, 0.3) is 0 Å². The van der Waals surface area contributed by atoms with E-state index in [2.05, 4.69) is 17.1 Å². The summed E-state index contributed by atoms with van der Waals surface area (Å²) in [7, 11) is -0.238. The van der Waals surface area contributed by atoms with Crippen molar-refractivity contribution in [1.29, 1.82) is 0 Å². The van der Waals surface area contributed by atoms with Gasteiger partial charge in [-0.05, 0) is 37.2 Å². The van der Waals surface area contributed by atoms with Crippen LogP contribution in [0.1, 0.15) is 18.9 Å². The van der Waals surface area contributed by atoms with Gasteiger partial charge in [-0.1, -0.05) is 19.1 Å². The second-order valence-electron chi connectivity index (χ2n) is 5.64. The van der Waals surface area contributed by atoms with Crippen molar-refractivity contribution in [3.8, 4) is 0 Å². The zero-order valence-corrected chi connectivity index (χ0v) is 13.9. The van der Waals surface area contributed by atoms with E-state index in [1.165, 1.54) is 4.31 Å². The van der Waals surface area contributed by atoms with Gasteiger partial charge < -0.3 is 5.32 Å². The number of benzene rings is 1. The lowest BCUT2D eigenvalue weighted by Crippen LogP contribution is -2.36. The third-order valence-corrected chi connectivity index (χ3v) is 5.83. The molecule has 0 saturated carbocycles. The van der Waals surface area contributed by atoms with Crippen LogP contribution in [0.3, 0.4) is 0 Å². The Bertz CT molecular complexity index is 566. The van der Waals surface area contributed by atoms with Crippen molar-refractivity contribution in [2.45, 2.75) is 30.8 Å². The van der Waals surface area contributed by atoms with Crippen LogP contribution >= 0.6 is 0 Å². The molecule has 1 heterocycles. The van der Waals surface area contributed by atoms with Crippen LogP contribution < -0.4 is 5.32 Å². The van der Waals surface area contributed by atoms with Crippen molar-refractivity contribution in [3.05, 3.63) is 29.8 Å². The highest BCUT2D eigenvalue weighted by Gasteiger charge is 2.22. The van der Waals surface area contributed by atoms with E-state index >= 15 is 0 Å². The van der Waals surface area contributed by atoms with Gasteiger partial charge in [-0.3, -0.25) is 4.90 Å². The van der Waals surface area contributed by atoms with Gasteiger partial charge in [-0.2, -0.15) is 0 Å². The summed E-state index contributed by atoms with van der Waals surface area (Å²) in [5.74, 6) is 0. The molecule has 1 fully saturated rings. The van der Waals surface area contributed by atoms with E-state index in [0.717, 1.165) is 38.2 Å². The predicted octanol–water partition coefficient (Wildman–Crippen LogP) is 1.12. The zero-order chi connectivity index (χ0) is 15.5. The Morgan fingerprint density at radius 2 is 2.10 bits per heavy atom. The maximum Gasteiger partial charge on any atom is 0.242 e. The Morgan fingerprint density at radius 3 is 2.67 bits per heavy atom. The number of likely N-dealkylation sites (N-methyl/N-ethyl adjacent to an activating group) is 1. The summed E-state index contributed by atoms with van der Waals surface area (Å²) in [5, 5.41) is 3.38. The summed E-state index contributed by atoms with van der Waals surface area (Å²) < 4.78 is 25.7. The van der Waals surface area contributed by atoms with Gasteiger partial charge in [0.15, 0.2) is 0 Å². The van der Waals surface area contributed by atoms with E-state index in [-0.39, 0.29) is 0 Å². The first-order valence-electron chi connectivity index (χ1n) is 7.41. The molecule has 1 aromatic rings. The fraction of sp³-hybridized carbons (Fsp3) is 0.600. The average molecular weight is 311 g/mol. The lowest BCUT2D eigenvalue weighted by Gasteiger charge is -2.27. The molecule has 1 atom stereocenters. The molecule has 0 aromatic heterocycles. The second kappa shape index (κ2) is 6.87. The van der Waals surface area contributed by atoms with Crippen LogP contribution in [-0.4, -0.2) is 57.4 Å². The summed E-state index contributed by atoms with van der Waals surface area (Å²) in [4.78, 5) is 2.77. The molecule has 1 aliphatic heterocycles. The molecule has 1 N–H and O–H groups in total. The Labute approximate surface area is 128 Å². The Kier molecular flexibility index (Phi) is 5.37. The van der Waals surface area contributed by atoms with E-state index < -0.39 is 10.0 Å². The molecule has 1 unspecified atom stereocenters. The monoisotopic (exact) mass is 311 g/mol. The van der Waals surface area contributed by atoms with Crippen molar-refractivity contribution in [1.82, 2.24) is 14.5 Å². The summed E-state index contributed by atoms with van der Waals surface area (Å²) in [5.41, 5.74) is 1.05. The van der Waals surface area contributed by atoms with Gasteiger partial charge in [0, 0.05) is 33.2 Å². The summed E-state index contributed by atoms with van der Waals surface area (Å²) in [6, 6.07) is 7.82. The molecule has 0 aliphatic carbocycles. The van der Waals surface area contributed by atoms with E-state index in [1.54, 1.807) is 26.2 Å². The molecule has 118 valence electrons. The molecule has 5 nitrogen and oxygen atoms in total. The highest BCUT2D eigenvalue weighted by Crippen LogP contribution is 2.18. The van der Waals surface area contributed by atoms with Crippen molar-refractivity contribution in [2.75, 3.05) is 33.7 Å². The lowest BCUT2D eigenvalue weighted by atomic mass is 10.1. The smallest absolute Gasteiger partial charge is 0.242 e. The molecule has 0 spiro atoms. The molecule has 1 aliphatic rings. The number of nitrogens with zero attached hydrogens (tertiary/aromatic N) is 2. The van der Waals surface area contributed by atoms with Crippen LogP contribution in [0.25, 0.3) is 0 Å². The normalized spacial score (nSPS) is 19.6. The van der Waals surface area contributed by atoms with Crippen molar-refractivity contribution in [2.24, 2.45) is 0 Å². The maximum atomic E-state index is 12.2. The maximum absolute atomic E-state index is 12.2. The number of sulfonamides is 1. The number of hydrogen-bond donors (Lipinski definition) is 1. The van der Waals surface area contributed by atoms with Crippen LogP contribution in [0.5, 0.6) is 0 Å². The summed E-state index contributed by atoms with van der Waals surface area (Å²) >= 11 is 0. The SMILES string of the molecule is CCN(Cc1cccc(S(=O)(=O)N(C)C)c1)C1CCNC1. The lowest BCUT2D eigenvalue weighted by molar-refractivity contribution is 0.210. The van der Waals surface area contributed by atoms with Crippen molar-refractivity contribution >= 4 is 10.0 Å². The van der Waals surface area contributed by atoms with Gasteiger partial charge in [-0.15, -0.1) is 0 Å². The summed E-state index contributed by atoms with van der Waals surface area (Å²) in [6.45, 7) is 6.00. The molecule has 1 saturated heterocycles. The molecule has 6 heteroatoms. The van der Waals surface area contributed by atoms with E-state index in [9.17, 15) is 8.42 Å². The van der Waals surface area contributed by atoms with Gasteiger partial charge in [0.05, 0.1) is 4.90 Å².